The lowest BCUT2D eigenvalue weighted by atomic mass is 10.2. The highest BCUT2D eigenvalue weighted by molar-refractivity contribution is 5.40. The molecule has 0 radical (unpaired) electrons. The molecule has 0 saturated carbocycles. The normalized spacial score (nSPS) is 13.1. The third kappa shape index (κ3) is 1.70. The molecule has 0 aromatic carbocycles. The molecule has 0 spiro atoms. The molecule has 3 aromatic heterocycles. The van der Waals surface area contributed by atoms with Crippen LogP contribution in [-0.4, -0.2) is 24.0 Å². The van der Waals surface area contributed by atoms with Gasteiger partial charge in [-0.3, -0.25) is 0 Å². The van der Waals surface area contributed by atoms with Crippen LogP contribution in [0.2, 0.25) is 0 Å². The predicted octanol–water partition coefficient (Wildman–Crippen LogP) is 1.15. The average molecular weight is 228 g/mol. The maximum atomic E-state index is 10.2. The Balaban J connectivity index is 2.03. The number of nitrogens with zero attached hydrogens (tertiary/aromatic N) is 4. The van der Waals surface area contributed by atoms with Gasteiger partial charge in [0, 0.05) is 25.6 Å². The van der Waals surface area contributed by atoms with Crippen molar-refractivity contribution in [3.05, 3.63) is 54.5 Å². The number of pyridine rings is 1. The van der Waals surface area contributed by atoms with Gasteiger partial charge in [0.1, 0.15) is 11.8 Å². The number of hydrogen-bond acceptors (Lipinski definition) is 3. The number of aliphatic hydroxyl groups is 1. The second-order valence-corrected chi connectivity index (χ2v) is 4.00. The number of hydrogen-bond donors (Lipinski definition) is 1. The topological polar surface area (TPSA) is 55.3 Å². The third-order valence-electron chi connectivity index (χ3n) is 2.67. The number of fused-ring (bicyclic) bond motifs is 1. The van der Waals surface area contributed by atoms with Crippen LogP contribution in [0.15, 0.2) is 43.1 Å². The highest BCUT2D eigenvalue weighted by Gasteiger charge is 2.16. The highest BCUT2D eigenvalue weighted by atomic mass is 16.3. The molecule has 0 aliphatic heterocycles. The van der Waals surface area contributed by atoms with E-state index in [0.29, 0.717) is 11.4 Å². The monoisotopic (exact) mass is 228 g/mol. The molecule has 17 heavy (non-hydrogen) atoms. The van der Waals surface area contributed by atoms with Crippen LogP contribution in [0.5, 0.6) is 0 Å². The highest BCUT2D eigenvalue weighted by Crippen LogP contribution is 2.19. The van der Waals surface area contributed by atoms with Crippen LogP contribution in [0.3, 0.4) is 0 Å². The first-order valence-electron chi connectivity index (χ1n) is 5.33. The Morgan fingerprint density at radius 3 is 2.82 bits per heavy atom. The fourth-order valence-corrected chi connectivity index (χ4v) is 1.81. The van der Waals surface area contributed by atoms with E-state index >= 15 is 0 Å². The lowest BCUT2D eigenvalue weighted by Crippen LogP contribution is -2.00. The quantitative estimate of drug-likeness (QED) is 0.715. The molecule has 1 atom stereocenters. The minimum atomic E-state index is -0.781. The van der Waals surface area contributed by atoms with E-state index in [4.69, 9.17) is 0 Å². The Morgan fingerprint density at radius 2 is 2.12 bits per heavy atom. The van der Waals surface area contributed by atoms with Crippen LogP contribution >= 0.6 is 0 Å². The van der Waals surface area contributed by atoms with E-state index in [0.717, 1.165) is 5.65 Å². The van der Waals surface area contributed by atoms with Gasteiger partial charge in [0.25, 0.3) is 0 Å². The van der Waals surface area contributed by atoms with Gasteiger partial charge in [0.05, 0.1) is 17.7 Å². The van der Waals surface area contributed by atoms with E-state index in [1.165, 1.54) is 0 Å². The molecular weight excluding hydrogens is 216 g/mol. The molecule has 0 saturated heterocycles. The lowest BCUT2D eigenvalue weighted by Gasteiger charge is -2.02. The smallest absolute Gasteiger partial charge is 0.141 e. The molecule has 0 aliphatic rings. The van der Waals surface area contributed by atoms with Crippen molar-refractivity contribution < 1.29 is 5.11 Å². The molecule has 3 aromatic rings. The van der Waals surface area contributed by atoms with Crippen LogP contribution < -0.4 is 0 Å². The SMILES string of the molecule is Cn1cnc(C(O)c2cn3ccccc3n2)c1. The molecule has 0 bridgehead atoms. The molecule has 5 nitrogen and oxygen atoms in total. The van der Waals surface area contributed by atoms with Gasteiger partial charge >= 0.3 is 0 Å². The first kappa shape index (κ1) is 10.0. The van der Waals surface area contributed by atoms with Crippen molar-refractivity contribution in [2.75, 3.05) is 0 Å². The zero-order valence-corrected chi connectivity index (χ0v) is 9.35. The molecule has 1 unspecified atom stereocenters. The Morgan fingerprint density at radius 1 is 1.24 bits per heavy atom. The fraction of sp³-hybridized carbons (Fsp3) is 0.167. The van der Waals surface area contributed by atoms with Crippen molar-refractivity contribution in [1.82, 2.24) is 18.9 Å². The van der Waals surface area contributed by atoms with Gasteiger partial charge < -0.3 is 14.1 Å². The maximum Gasteiger partial charge on any atom is 0.141 e. The summed E-state index contributed by atoms with van der Waals surface area (Å²) in [5.74, 6) is 0. The van der Waals surface area contributed by atoms with Crippen LogP contribution in [0.4, 0.5) is 0 Å². The van der Waals surface area contributed by atoms with Crippen LogP contribution in [0.25, 0.3) is 5.65 Å². The van der Waals surface area contributed by atoms with Crippen molar-refractivity contribution in [2.45, 2.75) is 6.10 Å². The van der Waals surface area contributed by atoms with Crippen molar-refractivity contribution in [1.29, 1.82) is 0 Å². The molecule has 0 amide bonds. The second-order valence-electron chi connectivity index (χ2n) is 4.00. The molecular formula is C12H12N4O. The van der Waals surface area contributed by atoms with Crippen LogP contribution in [0.1, 0.15) is 17.5 Å². The summed E-state index contributed by atoms with van der Waals surface area (Å²) >= 11 is 0. The number of rotatable bonds is 2. The van der Waals surface area contributed by atoms with E-state index in [1.54, 1.807) is 17.1 Å². The van der Waals surface area contributed by atoms with E-state index in [2.05, 4.69) is 9.97 Å². The summed E-state index contributed by atoms with van der Waals surface area (Å²) in [6.07, 6.45) is 6.38. The number of aryl methyl sites for hydroxylation is 1. The summed E-state index contributed by atoms with van der Waals surface area (Å²) in [6, 6.07) is 5.74. The second kappa shape index (κ2) is 3.71. The minimum Gasteiger partial charge on any atom is -0.380 e. The van der Waals surface area contributed by atoms with Gasteiger partial charge in [-0.25, -0.2) is 9.97 Å². The van der Waals surface area contributed by atoms with Gasteiger partial charge in [-0.1, -0.05) is 6.07 Å². The molecule has 0 aliphatic carbocycles. The molecule has 5 heteroatoms. The number of imidazole rings is 2. The van der Waals surface area contributed by atoms with Gasteiger partial charge in [0.2, 0.25) is 0 Å². The van der Waals surface area contributed by atoms with E-state index < -0.39 is 6.10 Å². The molecule has 86 valence electrons. The third-order valence-corrected chi connectivity index (χ3v) is 2.67. The predicted molar refractivity (Wildman–Crippen MR) is 62.5 cm³/mol. The molecule has 3 heterocycles. The van der Waals surface area contributed by atoms with Gasteiger partial charge in [-0.05, 0) is 12.1 Å². The molecule has 1 N–H and O–H groups in total. The van der Waals surface area contributed by atoms with E-state index in [1.807, 2.05) is 42.0 Å². The Bertz CT molecular complexity index is 622. The summed E-state index contributed by atoms with van der Waals surface area (Å²) in [5.41, 5.74) is 2.03. The van der Waals surface area contributed by atoms with Gasteiger partial charge in [-0.15, -0.1) is 0 Å². The summed E-state index contributed by atoms with van der Waals surface area (Å²) in [4.78, 5) is 8.49. The number of aromatic nitrogens is 4. The zero-order valence-electron chi connectivity index (χ0n) is 9.35. The largest absolute Gasteiger partial charge is 0.380 e. The lowest BCUT2D eigenvalue weighted by molar-refractivity contribution is 0.211. The fourth-order valence-electron chi connectivity index (χ4n) is 1.81. The number of aliphatic hydroxyl groups excluding tert-OH is 1. The van der Waals surface area contributed by atoms with Crippen molar-refractivity contribution in [2.24, 2.45) is 7.05 Å². The summed E-state index contributed by atoms with van der Waals surface area (Å²) in [6.45, 7) is 0. The zero-order chi connectivity index (χ0) is 11.8. The minimum absolute atomic E-state index is 0.606. The maximum absolute atomic E-state index is 10.2. The van der Waals surface area contributed by atoms with Gasteiger partial charge in [-0.2, -0.15) is 0 Å². The molecule has 0 fully saturated rings. The first-order valence-corrected chi connectivity index (χ1v) is 5.33. The Labute approximate surface area is 98.0 Å². The first-order chi connectivity index (χ1) is 8.24. The van der Waals surface area contributed by atoms with Gasteiger partial charge in [0.15, 0.2) is 0 Å². The molecule has 3 rings (SSSR count). The summed E-state index contributed by atoms with van der Waals surface area (Å²) in [7, 11) is 1.87. The summed E-state index contributed by atoms with van der Waals surface area (Å²) in [5, 5.41) is 10.2. The Kier molecular flexibility index (Phi) is 2.19. The standard InChI is InChI=1S/C12H12N4O/c1-15-6-9(13-8-15)12(17)10-7-16-5-3-2-4-11(16)14-10/h2-8,12,17H,1H3. The Hall–Kier alpha value is -2.14. The van der Waals surface area contributed by atoms with Crippen LogP contribution in [0, 0.1) is 0 Å². The van der Waals surface area contributed by atoms with Crippen LogP contribution in [-0.2, 0) is 7.05 Å². The van der Waals surface area contributed by atoms with E-state index in [9.17, 15) is 5.11 Å². The van der Waals surface area contributed by atoms with Crippen molar-refractivity contribution in [3.8, 4) is 0 Å². The average Bonchev–Trinajstić information content (AvgIpc) is 2.93. The summed E-state index contributed by atoms with van der Waals surface area (Å²) < 4.78 is 3.68. The van der Waals surface area contributed by atoms with E-state index in [-0.39, 0.29) is 0 Å². The van der Waals surface area contributed by atoms with Crippen molar-refractivity contribution in [3.63, 3.8) is 0 Å². The van der Waals surface area contributed by atoms with Crippen molar-refractivity contribution >= 4 is 5.65 Å².